The zero-order chi connectivity index (χ0) is 30.6. The van der Waals surface area contributed by atoms with Gasteiger partial charge in [-0.25, -0.2) is 19.9 Å². The van der Waals surface area contributed by atoms with E-state index in [1.165, 1.54) is 22.3 Å². The van der Waals surface area contributed by atoms with Crippen LogP contribution < -0.4 is 0 Å². The highest BCUT2D eigenvalue weighted by Crippen LogP contribution is 2.28. The average Bonchev–Trinajstić information content (AvgIpc) is 3.40. The van der Waals surface area contributed by atoms with Crippen LogP contribution in [0.1, 0.15) is 40.8 Å². The number of hydrogen-bond donors (Lipinski definition) is 0. The first-order valence-corrected chi connectivity index (χ1v) is 14.9. The minimum absolute atomic E-state index is 0.598. The molecule has 0 atom stereocenters. The molecule has 0 fully saturated rings. The standard InChI is InChI=1S/C39H35N5/c1-6-30(39-40-34-12-8-9-13-35(34)44(39)33-24-28(4)23-29(5)25-33)11-7-10-14-36-41-37(31-19-15-26(2)16-20-31)43-38(42-36)32-21-17-27(3)18-22-32/h6-25H,1-5H3/b11-7-,14-10+,30-6+. The topological polar surface area (TPSA) is 56.5 Å². The van der Waals surface area contributed by atoms with Crippen molar-refractivity contribution in [2.24, 2.45) is 0 Å². The molecular formula is C39H35N5. The molecule has 0 N–H and O–H groups in total. The second kappa shape index (κ2) is 12.4. The van der Waals surface area contributed by atoms with Gasteiger partial charge in [0.25, 0.3) is 0 Å². The van der Waals surface area contributed by atoms with Crippen LogP contribution in [-0.4, -0.2) is 24.5 Å². The number of allylic oxidation sites excluding steroid dienone is 5. The summed E-state index contributed by atoms with van der Waals surface area (Å²) in [7, 11) is 0. The van der Waals surface area contributed by atoms with Gasteiger partial charge in [0.15, 0.2) is 17.5 Å². The van der Waals surface area contributed by atoms with E-state index in [-0.39, 0.29) is 0 Å². The van der Waals surface area contributed by atoms with Crippen molar-refractivity contribution in [3.8, 4) is 28.5 Å². The molecule has 0 spiro atoms. The molecular weight excluding hydrogens is 538 g/mol. The predicted octanol–water partition coefficient (Wildman–Crippen LogP) is 9.45. The van der Waals surface area contributed by atoms with Crippen molar-refractivity contribution in [2.45, 2.75) is 34.6 Å². The summed E-state index contributed by atoms with van der Waals surface area (Å²) in [4.78, 5) is 19.5. The van der Waals surface area contributed by atoms with Gasteiger partial charge >= 0.3 is 0 Å². The maximum absolute atomic E-state index is 5.05. The molecule has 2 heterocycles. The monoisotopic (exact) mass is 573 g/mol. The summed E-state index contributed by atoms with van der Waals surface area (Å²) in [5, 5.41) is 0. The highest BCUT2D eigenvalue weighted by atomic mass is 15.1. The molecule has 44 heavy (non-hydrogen) atoms. The molecule has 2 aromatic heterocycles. The van der Waals surface area contributed by atoms with E-state index in [2.05, 4.69) is 129 Å². The summed E-state index contributed by atoms with van der Waals surface area (Å²) in [6.45, 7) is 10.5. The van der Waals surface area contributed by atoms with Crippen molar-refractivity contribution >= 4 is 22.7 Å². The van der Waals surface area contributed by atoms with Gasteiger partial charge in [0.2, 0.25) is 0 Å². The quantitative estimate of drug-likeness (QED) is 0.179. The largest absolute Gasteiger partial charge is 0.292 e. The van der Waals surface area contributed by atoms with E-state index in [9.17, 15) is 0 Å². The van der Waals surface area contributed by atoms with Crippen molar-refractivity contribution in [3.05, 3.63) is 149 Å². The van der Waals surface area contributed by atoms with Crippen LogP contribution in [0.3, 0.4) is 0 Å². The van der Waals surface area contributed by atoms with Gasteiger partial charge in [-0.05, 0) is 76.1 Å². The lowest BCUT2D eigenvalue weighted by Gasteiger charge is -2.12. The highest BCUT2D eigenvalue weighted by molar-refractivity contribution is 5.84. The summed E-state index contributed by atoms with van der Waals surface area (Å²) in [6, 6.07) is 31.4. The summed E-state index contributed by atoms with van der Waals surface area (Å²) < 4.78 is 2.24. The second-order valence-corrected chi connectivity index (χ2v) is 11.1. The van der Waals surface area contributed by atoms with Crippen LogP contribution in [-0.2, 0) is 0 Å². The Hall–Kier alpha value is -5.42. The third kappa shape index (κ3) is 6.18. The van der Waals surface area contributed by atoms with E-state index in [0.29, 0.717) is 17.5 Å². The number of benzene rings is 4. The molecule has 5 heteroatoms. The number of para-hydroxylation sites is 2. The van der Waals surface area contributed by atoms with Crippen LogP contribution in [0.5, 0.6) is 0 Å². The Morgan fingerprint density at radius 1 is 0.614 bits per heavy atom. The molecule has 5 nitrogen and oxygen atoms in total. The molecule has 0 saturated heterocycles. The molecule has 0 radical (unpaired) electrons. The van der Waals surface area contributed by atoms with Crippen LogP contribution in [0.25, 0.3) is 51.1 Å². The number of hydrogen-bond acceptors (Lipinski definition) is 4. The van der Waals surface area contributed by atoms with Gasteiger partial charge in [-0.1, -0.05) is 102 Å². The highest BCUT2D eigenvalue weighted by Gasteiger charge is 2.15. The molecule has 0 aliphatic heterocycles. The third-order valence-corrected chi connectivity index (χ3v) is 7.50. The van der Waals surface area contributed by atoms with Gasteiger partial charge in [-0.3, -0.25) is 4.57 Å². The molecule has 0 aliphatic carbocycles. The third-order valence-electron chi connectivity index (χ3n) is 7.50. The fourth-order valence-electron chi connectivity index (χ4n) is 5.29. The van der Waals surface area contributed by atoms with E-state index in [1.54, 1.807) is 0 Å². The van der Waals surface area contributed by atoms with Gasteiger partial charge in [0.1, 0.15) is 5.82 Å². The first-order chi connectivity index (χ1) is 21.4. The lowest BCUT2D eigenvalue weighted by Crippen LogP contribution is -2.01. The zero-order valence-corrected chi connectivity index (χ0v) is 25.8. The Morgan fingerprint density at radius 3 is 1.80 bits per heavy atom. The predicted molar refractivity (Wildman–Crippen MR) is 183 cm³/mol. The van der Waals surface area contributed by atoms with E-state index in [1.807, 2.05) is 31.2 Å². The Morgan fingerprint density at radius 2 is 1.20 bits per heavy atom. The van der Waals surface area contributed by atoms with Gasteiger partial charge in [0.05, 0.1) is 11.0 Å². The number of aromatic nitrogens is 5. The Bertz CT molecular complexity index is 1960. The van der Waals surface area contributed by atoms with Crippen LogP contribution in [0.4, 0.5) is 0 Å². The van der Waals surface area contributed by atoms with E-state index in [4.69, 9.17) is 19.9 Å². The van der Waals surface area contributed by atoms with Crippen LogP contribution in [0.2, 0.25) is 0 Å². The smallest absolute Gasteiger partial charge is 0.164 e. The number of fused-ring (bicyclic) bond motifs is 1. The van der Waals surface area contributed by atoms with E-state index >= 15 is 0 Å². The van der Waals surface area contributed by atoms with Crippen molar-refractivity contribution in [1.29, 1.82) is 0 Å². The maximum Gasteiger partial charge on any atom is 0.164 e. The lowest BCUT2D eigenvalue weighted by atomic mass is 10.1. The van der Waals surface area contributed by atoms with Crippen molar-refractivity contribution < 1.29 is 0 Å². The molecule has 0 unspecified atom stereocenters. The first-order valence-electron chi connectivity index (χ1n) is 14.9. The normalized spacial score (nSPS) is 12.2. The second-order valence-electron chi connectivity index (χ2n) is 11.1. The van der Waals surface area contributed by atoms with Gasteiger partial charge in [-0.2, -0.15) is 0 Å². The number of nitrogens with zero attached hydrogens (tertiary/aromatic N) is 5. The summed E-state index contributed by atoms with van der Waals surface area (Å²) in [6.07, 6.45) is 10.1. The lowest BCUT2D eigenvalue weighted by molar-refractivity contribution is 1.04. The molecule has 0 saturated carbocycles. The molecule has 0 bridgehead atoms. The first kappa shape index (κ1) is 28.7. The van der Waals surface area contributed by atoms with E-state index < -0.39 is 0 Å². The Balaban J connectivity index is 1.36. The van der Waals surface area contributed by atoms with Gasteiger partial charge < -0.3 is 0 Å². The summed E-state index contributed by atoms with van der Waals surface area (Å²) >= 11 is 0. The zero-order valence-electron chi connectivity index (χ0n) is 25.8. The van der Waals surface area contributed by atoms with Gasteiger partial charge in [0, 0.05) is 22.4 Å². The van der Waals surface area contributed by atoms with Crippen molar-refractivity contribution in [2.75, 3.05) is 0 Å². The molecule has 6 aromatic rings. The van der Waals surface area contributed by atoms with Crippen LogP contribution in [0.15, 0.2) is 115 Å². The fraction of sp³-hybridized carbons (Fsp3) is 0.128. The maximum atomic E-state index is 5.05. The fourth-order valence-corrected chi connectivity index (χ4v) is 5.29. The molecule has 216 valence electrons. The number of aryl methyl sites for hydroxylation is 4. The molecule has 0 aliphatic rings. The molecule has 6 rings (SSSR count). The minimum atomic E-state index is 0.598. The summed E-state index contributed by atoms with van der Waals surface area (Å²) in [5.74, 6) is 2.79. The van der Waals surface area contributed by atoms with Gasteiger partial charge in [-0.15, -0.1) is 0 Å². The molecule has 4 aromatic carbocycles. The Kier molecular flexibility index (Phi) is 8.11. The summed E-state index contributed by atoms with van der Waals surface area (Å²) in [5.41, 5.74) is 10.9. The number of rotatable bonds is 7. The van der Waals surface area contributed by atoms with E-state index in [0.717, 1.165) is 39.2 Å². The van der Waals surface area contributed by atoms with Crippen molar-refractivity contribution in [1.82, 2.24) is 24.5 Å². The minimum Gasteiger partial charge on any atom is -0.292 e. The SMILES string of the molecule is C\C=C(/C=C\C=C\c1nc(-c2ccc(C)cc2)nc(-c2ccc(C)cc2)n1)c1nc2ccccc2n1-c1cc(C)cc(C)c1. The van der Waals surface area contributed by atoms with Crippen LogP contribution in [0, 0.1) is 27.7 Å². The average molecular weight is 574 g/mol. The van der Waals surface area contributed by atoms with Crippen molar-refractivity contribution in [3.63, 3.8) is 0 Å². The van der Waals surface area contributed by atoms with Crippen LogP contribution >= 0.6 is 0 Å². The molecule has 0 amide bonds. The Labute approximate surface area is 259 Å². The number of imidazole rings is 1.